The third kappa shape index (κ3) is 5.85. The molecule has 0 saturated carbocycles. The van der Waals surface area contributed by atoms with Gasteiger partial charge >= 0.3 is 0 Å². The molecule has 6 nitrogen and oxygen atoms in total. The standard InChI is InChI=1S/C25H34N4O2/c1-18(2)26-24(30)17-27-12-14-28(15-13-27)25(31)11-8-22-16-20(4)29(21(22)5)23-9-6-19(3)7-10-23/h6-11,16,18H,12-15,17H2,1-5H3,(H,26,30)/b11-8+. The van der Waals surface area contributed by atoms with E-state index in [1.807, 2.05) is 24.8 Å². The first kappa shape index (κ1) is 22.8. The van der Waals surface area contributed by atoms with Gasteiger partial charge in [-0.25, -0.2) is 0 Å². The first-order valence-corrected chi connectivity index (χ1v) is 11.0. The van der Waals surface area contributed by atoms with Crippen molar-refractivity contribution in [2.45, 2.75) is 40.7 Å². The van der Waals surface area contributed by atoms with E-state index in [2.05, 4.69) is 65.9 Å². The number of aryl methyl sites for hydroxylation is 2. The van der Waals surface area contributed by atoms with Crippen LogP contribution in [0.25, 0.3) is 11.8 Å². The Morgan fingerprint density at radius 2 is 1.68 bits per heavy atom. The van der Waals surface area contributed by atoms with Crippen LogP contribution in [0.3, 0.4) is 0 Å². The Morgan fingerprint density at radius 1 is 1.03 bits per heavy atom. The Kier molecular flexibility index (Phi) is 7.33. The molecule has 1 fully saturated rings. The lowest BCUT2D eigenvalue weighted by atomic mass is 10.2. The fourth-order valence-corrected chi connectivity index (χ4v) is 4.01. The summed E-state index contributed by atoms with van der Waals surface area (Å²) in [7, 11) is 0. The lowest BCUT2D eigenvalue weighted by Crippen LogP contribution is -2.51. The fraction of sp³-hybridized carbons (Fsp3) is 0.440. The second-order valence-corrected chi connectivity index (χ2v) is 8.65. The molecule has 0 aliphatic carbocycles. The summed E-state index contributed by atoms with van der Waals surface area (Å²) in [5.74, 6) is 0.0602. The first-order valence-electron chi connectivity index (χ1n) is 11.0. The second-order valence-electron chi connectivity index (χ2n) is 8.65. The van der Waals surface area contributed by atoms with Crippen LogP contribution in [0.5, 0.6) is 0 Å². The van der Waals surface area contributed by atoms with Crippen molar-refractivity contribution in [3.05, 3.63) is 58.9 Å². The van der Waals surface area contributed by atoms with Crippen LogP contribution in [-0.2, 0) is 9.59 Å². The van der Waals surface area contributed by atoms with Gasteiger partial charge in [-0.2, -0.15) is 0 Å². The highest BCUT2D eigenvalue weighted by atomic mass is 16.2. The highest BCUT2D eigenvalue weighted by Crippen LogP contribution is 2.22. The van der Waals surface area contributed by atoms with Crippen LogP contribution in [0.1, 0.15) is 36.4 Å². The molecular formula is C25H34N4O2. The first-order chi connectivity index (χ1) is 14.7. The van der Waals surface area contributed by atoms with Gasteiger partial charge in [0.25, 0.3) is 0 Å². The van der Waals surface area contributed by atoms with Crippen molar-refractivity contribution < 1.29 is 9.59 Å². The van der Waals surface area contributed by atoms with Crippen LogP contribution in [0.15, 0.2) is 36.4 Å². The van der Waals surface area contributed by atoms with E-state index < -0.39 is 0 Å². The number of benzene rings is 1. The average Bonchev–Trinajstić information content (AvgIpc) is 3.00. The average molecular weight is 423 g/mol. The molecule has 1 aliphatic heterocycles. The summed E-state index contributed by atoms with van der Waals surface area (Å²) in [6, 6.07) is 10.7. The molecule has 1 saturated heterocycles. The van der Waals surface area contributed by atoms with Gasteiger partial charge in [0, 0.05) is 55.4 Å². The van der Waals surface area contributed by atoms with Gasteiger partial charge in [0.2, 0.25) is 11.8 Å². The van der Waals surface area contributed by atoms with Crippen molar-refractivity contribution in [3.8, 4) is 5.69 Å². The van der Waals surface area contributed by atoms with Gasteiger partial charge in [0.1, 0.15) is 0 Å². The van der Waals surface area contributed by atoms with Crippen molar-refractivity contribution in [1.82, 2.24) is 19.7 Å². The van der Waals surface area contributed by atoms with Crippen LogP contribution < -0.4 is 5.32 Å². The fourth-order valence-electron chi connectivity index (χ4n) is 4.01. The molecule has 1 aromatic carbocycles. The van der Waals surface area contributed by atoms with Gasteiger partial charge in [0.15, 0.2) is 0 Å². The molecule has 0 bridgehead atoms. The topological polar surface area (TPSA) is 57.6 Å². The maximum atomic E-state index is 12.7. The zero-order valence-electron chi connectivity index (χ0n) is 19.3. The number of carbonyl (C=O) groups is 2. The number of carbonyl (C=O) groups excluding carboxylic acids is 2. The minimum atomic E-state index is 0.0198. The summed E-state index contributed by atoms with van der Waals surface area (Å²) in [4.78, 5) is 28.6. The van der Waals surface area contributed by atoms with Crippen molar-refractivity contribution in [1.29, 1.82) is 0 Å². The van der Waals surface area contributed by atoms with Crippen molar-refractivity contribution >= 4 is 17.9 Å². The van der Waals surface area contributed by atoms with Gasteiger partial charge < -0.3 is 14.8 Å². The molecule has 2 amide bonds. The van der Waals surface area contributed by atoms with E-state index >= 15 is 0 Å². The zero-order valence-corrected chi connectivity index (χ0v) is 19.3. The Morgan fingerprint density at radius 3 is 2.29 bits per heavy atom. The molecule has 1 aromatic heterocycles. The Bertz CT molecular complexity index is 949. The molecule has 2 aromatic rings. The molecule has 0 spiro atoms. The van der Waals surface area contributed by atoms with E-state index in [0.717, 1.165) is 22.6 Å². The predicted octanol–water partition coefficient (Wildman–Crippen LogP) is 3.08. The van der Waals surface area contributed by atoms with Gasteiger partial charge in [0.05, 0.1) is 6.54 Å². The van der Waals surface area contributed by atoms with Crippen LogP contribution in [0.2, 0.25) is 0 Å². The molecule has 31 heavy (non-hydrogen) atoms. The van der Waals surface area contributed by atoms with Gasteiger partial charge in [-0.3, -0.25) is 14.5 Å². The van der Waals surface area contributed by atoms with Crippen LogP contribution >= 0.6 is 0 Å². The zero-order chi connectivity index (χ0) is 22.5. The van der Waals surface area contributed by atoms with Crippen LogP contribution in [0.4, 0.5) is 0 Å². The number of rotatable bonds is 6. The molecule has 3 rings (SSSR count). The monoisotopic (exact) mass is 422 g/mol. The minimum absolute atomic E-state index is 0.0198. The number of hydrogen-bond acceptors (Lipinski definition) is 3. The number of aromatic nitrogens is 1. The summed E-state index contributed by atoms with van der Waals surface area (Å²) in [5.41, 5.74) is 5.67. The van der Waals surface area contributed by atoms with Gasteiger partial charge in [-0.1, -0.05) is 17.7 Å². The van der Waals surface area contributed by atoms with E-state index in [1.165, 1.54) is 5.56 Å². The van der Waals surface area contributed by atoms with E-state index in [1.54, 1.807) is 6.08 Å². The summed E-state index contributed by atoms with van der Waals surface area (Å²) in [6.45, 7) is 13.3. The molecule has 166 valence electrons. The molecule has 2 heterocycles. The Hall–Kier alpha value is -2.86. The Balaban J connectivity index is 1.59. The van der Waals surface area contributed by atoms with Gasteiger partial charge in [-0.15, -0.1) is 0 Å². The largest absolute Gasteiger partial charge is 0.353 e. The van der Waals surface area contributed by atoms with Crippen LogP contribution in [0, 0.1) is 20.8 Å². The molecule has 1 N–H and O–H groups in total. The number of nitrogens with zero attached hydrogens (tertiary/aromatic N) is 3. The summed E-state index contributed by atoms with van der Waals surface area (Å²) in [5, 5.41) is 2.91. The maximum absolute atomic E-state index is 12.7. The number of hydrogen-bond donors (Lipinski definition) is 1. The molecule has 0 radical (unpaired) electrons. The third-order valence-electron chi connectivity index (χ3n) is 5.67. The maximum Gasteiger partial charge on any atom is 0.246 e. The lowest BCUT2D eigenvalue weighted by molar-refractivity contribution is -0.128. The second kappa shape index (κ2) is 9.96. The molecule has 6 heteroatoms. The molecular weight excluding hydrogens is 388 g/mol. The summed E-state index contributed by atoms with van der Waals surface area (Å²) < 4.78 is 2.21. The summed E-state index contributed by atoms with van der Waals surface area (Å²) in [6.07, 6.45) is 3.58. The lowest BCUT2D eigenvalue weighted by Gasteiger charge is -2.33. The van der Waals surface area contributed by atoms with E-state index in [9.17, 15) is 9.59 Å². The van der Waals surface area contributed by atoms with Crippen molar-refractivity contribution in [3.63, 3.8) is 0 Å². The smallest absolute Gasteiger partial charge is 0.246 e. The molecule has 0 unspecified atom stereocenters. The third-order valence-corrected chi connectivity index (χ3v) is 5.67. The number of nitrogens with one attached hydrogen (secondary N) is 1. The van der Waals surface area contributed by atoms with Crippen molar-refractivity contribution in [2.75, 3.05) is 32.7 Å². The van der Waals surface area contributed by atoms with Gasteiger partial charge in [-0.05, 0) is 64.5 Å². The quantitative estimate of drug-likeness (QED) is 0.728. The molecule has 1 aliphatic rings. The van der Waals surface area contributed by atoms with E-state index in [-0.39, 0.29) is 17.9 Å². The van der Waals surface area contributed by atoms with E-state index in [0.29, 0.717) is 32.7 Å². The summed E-state index contributed by atoms with van der Waals surface area (Å²) >= 11 is 0. The number of piperazine rings is 1. The number of amides is 2. The molecule has 0 atom stereocenters. The minimum Gasteiger partial charge on any atom is -0.353 e. The highest BCUT2D eigenvalue weighted by molar-refractivity contribution is 5.92. The van der Waals surface area contributed by atoms with Crippen molar-refractivity contribution in [2.24, 2.45) is 0 Å². The van der Waals surface area contributed by atoms with Crippen LogP contribution in [-0.4, -0.2) is 64.9 Å². The highest BCUT2D eigenvalue weighted by Gasteiger charge is 2.21. The predicted molar refractivity (Wildman–Crippen MR) is 125 cm³/mol. The van der Waals surface area contributed by atoms with E-state index in [4.69, 9.17) is 0 Å². The normalized spacial score (nSPS) is 15.1. The SMILES string of the molecule is Cc1ccc(-n2c(C)cc(/C=C/C(=O)N3CCN(CC(=O)NC(C)C)CC3)c2C)cc1. The Labute approximate surface area is 185 Å².